The number of esters is 2. The summed E-state index contributed by atoms with van der Waals surface area (Å²) >= 11 is 0. The predicted molar refractivity (Wildman–Crippen MR) is 98.3 cm³/mol. The van der Waals surface area contributed by atoms with Crippen molar-refractivity contribution in [3.05, 3.63) is 78.4 Å². The summed E-state index contributed by atoms with van der Waals surface area (Å²) in [5, 5.41) is 20.9. The van der Waals surface area contributed by atoms with E-state index in [2.05, 4.69) is 9.47 Å². The van der Waals surface area contributed by atoms with Gasteiger partial charge in [0.1, 0.15) is 0 Å². The van der Waals surface area contributed by atoms with E-state index in [9.17, 15) is 38.6 Å². The van der Waals surface area contributed by atoms with Crippen LogP contribution in [0, 0.1) is 45.7 Å². The Labute approximate surface area is 168 Å². The van der Waals surface area contributed by atoms with Crippen molar-refractivity contribution in [1.29, 1.82) is 0 Å². The van der Waals surface area contributed by atoms with E-state index in [4.69, 9.17) is 0 Å². The van der Waals surface area contributed by atoms with Gasteiger partial charge in [-0.05, 0) is 37.6 Å². The number of hydrogen-bond donors (Lipinski definition) is 0. The molecule has 10 nitrogen and oxygen atoms in total. The summed E-state index contributed by atoms with van der Waals surface area (Å²) in [6.07, 6.45) is 0. The number of ether oxygens (including phenoxy) is 2. The quantitative estimate of drug-likeness (QED) is 0.410. The molecule has 0 bridgehead atoms. The summed E-state index contributed by atoms with van der Waals surface area (Å²) in [6.45, 7) is 2.77. The molecule has 0 unspecified atom stereocenters. The van der Waals surface area contributed by atoms with Crippen molar-refractivity contribution in [3.8, 4) is 0 Å². The Bertz CT molecular complexity index is 1010. The minimum atomic E-state index is -0.967. The molecular weight excluding hydrogens is 410 g/mol. The third-order valence-electron chi connectivity index (χ3n) is 3.87. The molecule has 30 heavy (non-hydrogen) atoms. The number of carbonyl (C=O) groups excluding carboxylic acids is 2. The van der Waals surface area contributed by atoms with Gasteiger partial charge in [-0.3, -0.25) is 20.2 Å². The molecule has 2 aromatic carbocycles. The zero-order chi connectivity index (χ0) is 23.2. The zero-order valence-electron chi connectivity index (χ0n) is 16.2. The lowest BCUT2D eigenvalue weighted by atomic mass is 10.1. The molecule has 0 aliphatic heterocycles. The number of nitro benzene ring substituents is 2. The molecule has 0 spiro atoms. The Balaban J connectivity index is 0.000000300. The highest BCUT2D eigenvalue weighted by molar-refractivity contribution is 5.92. The van der Waals surface area contributed by atoms with Crippen LogP contribution in [0.5, 0.6) is 0 Å². The fraction of sp³-hybridized carbons (Fsp3) is 0.222. The van der Waals surface area contributed by atoms with Gasteiger partial charge < -0.3 is 9.47 Å². The Morgan fingerprint density at radius 1 is 0.867 bits per heavy atom. The molecule has 0 saturated heterocycles. The van der Waals surface area contributed by atoms with Crippen molar-refractivity contribution in [2.45, 2.75) is 13.8 Å². The number of halogens is 2. The van der Waals surface area contributed by atoms with Crippen LogP contribution in [0.25, 0.3) is 0 Å². The van der Waals surface area contributed by atoms with E-state index in [1.54, 1.807) is 0 Å². The van der Waals surface area contributed by atoms with E-state index in [1.807, 2.05) is 0 Å². The molecule has 0 aromatic heterocycles. The Kier molecular flexibility index (Phi) is 8.03. The Morgan fingerprint density at radius 3 is 1.87 bits per heavy atom. The number of nitrogens with zero attached hydrogens (tertiary/aromatic N) is 2. The first-order valence-corrected chi connectivity index (χ1v) is 8.00. The number of hydrogen-bond acceptors (Lipinski definition) is 8. The molecule has 0 aliphatic carbocycles. The van der Waals surface area contributed by atoms with Gasteiger partial charge in [0.2, 0.25) is 11.6 Å². The van der Waals surface area contributed by atoms with Crippen molar-refractivity contribution < 1.29 is 37.7 Å². The monoisotopic (exact) mass is 426 g/mol. The second kappa shape index (κ2) is 10.0. The summed E-state index contributed by atoms with van der Waals surface area (Å²) in [5.41, 5.74) is -1.19. The van der Waals surface area contributed by atoms with Crippen LogP contribution in [0.4, 0.5) is 20.2 Å². The lowest BCUT2D eigenvalue weighted by Crippen LogP contribution is -2.07. The van der Waals surface area contributed by atoms with Gasteiger partial charge in [0, 0.05) is 11.6 Å². The molecule has 0 amide bonds. The minimum Gasteiger partial charge on any atom is -0.465 e. The van der Waals surface area contributed by atoms with Crippen molar-refractivity contribution >= 4 is 23.3 Å². The number of aryl methyl sites for hydroxylation is 1. The predicted octanol–water partition coefficient (Wildman–Crippen LogP) is 3.66. The van der Waals surface area contributed by atoms with Gasteiger partial charge in [0.05, 0.1) is 35.2 Å². The standard InChI is InChI=1S/2C9H8FNO4/c1-5-3-7(10)8(11(13)14)4-6(5)9(12)15-2;1-5-6(9(12)15-2)3-4-7(10)8(5)11(13)14/h2*3-4H,1-2H3. The number of benzene rings is 2. The maximum atomic E-state index is 13.1. The molecule has 0 saturated carbocycles. The first-order chi connectivity index (χ1) is 14.0. The molecule has 0 heterocycles. The SMILES string of the molecule is COC(=O)c1cc([N+](=O)[O-])c(F)cc1C.COC(=O)c1ccc(F)c([N+](=O)[O-])c1C. The van der Waals surface area contributed by atoms with E-state index in [-0.39, 0.29) is 16.7 Å². The molecule has 2 rings (SSSR count). The maximum absolute atomic E-state index is 13.1. The lowest BCUT2D eigenvalue weighted by molar-refractivity contribution is -0.388. The second-order valence-electron chi connectivity index (χ2n) is 5.68. The highest BCUT2D eigenvalue weighted by atomic mass is 19.1. The van der Waals surface area contributed by atoms with Crippen molar-refractivity contribution in [1.82, 2.24) is 0 Å². The third-order valence-corrected chi connectivity index (χ3v) is 3.87. The number of carbonyl (C=O) groups is 2. The average Bonchev–Trinajstić information content (AvgIpc) is 2.67. The maximum Gasteiger partial charge on any atom is 0.338 e. The van der Waals surface area contributed by atoms with Crippen LogP contribution in [0.15, 0.2) is 24.3 Å². The third kappa shape index (κ3) is 5.31. The van der Waals surface area contributed by atoms with Crippen molar-refractivity contribution in [2.24, 2.45) is 0 Å². The lowest BCUT2D eigenvalue weighted by Gasteiger charge is -2.04. The summed E-state index contributed by atoms with van der Waals surface area (Å²) in [5.74, 6) is -3.39. The summed E-state index contributed by atoms with van der Waals surface area (Å²) in [7, 11) is 2.30. The number of rotatable bonds is 4. The van der Waals surface area contributed by atoms with Gasteiger partial charge in [-0.15, -0.1) is 0 Å². The van der Waals surface area contributed by atoms with E-state index < -0.39 is 44.8 Å². The molecule has 0 fully saturated rings. The van der Waals surface area contributed by atoms with Crippen LogP contribution in [0.2, 0.25) is 0 Å². The summed E-state index contributed by atoms with van der Waals surface area (Å²) < 4.78 is 34.9. The molecule has 12 heteroatoms. The van der Waals surface area contributed by atoms with E-state index in [0.29, 0.717) is 5.56 Å². The van der Waals surface area contributed by atoms with Crippen LogP contribution in [-0.2, 0) is 9.47 Å². The van der Waals surface area contributed by atoms with Crippen molar-refractivity contribution in [2.75, 3.05) is 14.2 Å². The smallest absolute Gasteiger partial charge is 0.338 e. The first kappa shape index (κ1) is 24.1. The largest absolute Gasteiger partial charge is 0.465 e. The molecular formula is C18H16F2N2O8. The van der Waals surface area contributed by atoms with Crippen LogP contribution in [-0.4, -0.2) is 36.0 Å². The van der Waals surface area contributed by atoms with Crippen LogP contribution in [0.3, 0.4) is 0 Å². The molecule has 160 valence electrons. The highest BCUT2D eigenvalue weighted by Gasteiger charge is 2.23. The van der Waals surface area contributed by atoms with E-state index in [0.717, 1.165) is 38.5 Å². The van der Waals surface area contributed by atoms with Crippen LogP contribution >= 0.6 is 0 Å². The van der Waals surface area contributed by atoms with E-state index >= 15 is 0 Å². The molecule has 0 atom stereocenters. The van der Waals surface area contributed by atoms with Gasteiger partial charge in [-0.2, -0.15) is 8.78 Å². The molecule has 0 aliphatic rings. The zero-order valence-corrected chi connectivity index (χ0v) is 16.2. The van der Waals surface area contributed by atoms with Gasteiger partial charge in [-0.25, -0.2) is 9.59 Å². The Hall–Kier alpha value is -3.96. The first-order valence-electron chi connectivity index (χ1n) is 8.00. The summed E-state index contributed by atoms with van der Waals surface area (Å²) in [4.78, 5) is 41.5. The van der Waals surface area contributed by atoms with E-state index in [1.165, 1.54) is 13.8 Å². The van der Waals surface area contributed by atoms with Crippen LogP contribution < -0.4 is 0 Å². The fourth-order valence-electron chi connectivity index (χ4n) is 2.35. The number of methoxy groups -OCH3 is 2. The molecule has 0 N–H and O–H groups in total. The average molecular weight is 426 g/mol. The van der Waals surface area contributed by atoms with Gasteiger partial charge in [0.25, 0.3) is 0 Å². The van der Waals surface area contributed by atoms with Gasteiger partial charge >= 0.3 is 23.3 Å². The van der Waals surface area contributed by atoms with Gasteiger partial charge in [-0.1, -0.05) is 0 Å². The Morgan fingerprint density at radius 2 is 1.40 bits per heavy atom. The molecule has 2 aromatic rings. The van der Waals surface area contributed by atoms with Gasteiger partial charge in [0.15, 0.2) is 0 Å². The molecule has 0 radical (unpaired) electrons. The number of nitro groups is 2. The topological polar surface area (TPSA) is 139 Å². The van der Waals surface area contributed by atoms with Crippen molar-refractivity contribution in [3.63, 3.8) is 0 Å². The normalized spacial score (nSPS) is 9.80. The van der Waals surface area contributed by atoms with Crippen LogP contribution in [0.1, 0.15) is 31.8 Å². The highest BCUT2D eigenvalue weighted by Crippen LogP contribution is 2.25. The minimum absolute atomic E-state index is 0.00870. The fourth-order valence-corrected chi connectivity index (χ4v) is 2.35. The summed E-state index contributed by atoms with van der Waals surface area (Å²) in [6, 6.07) is 3.84. The second-order valence-corrected chi connectivity index (χ2v) is 5.68.